The first-order valence-corrected chi connectivity index (χ1v) is 7.88. The van der Waals surface area contributed by atoms with Crippen LogP contribution in [0.5, 0.6) is 0 Å². The van der Waals surface area contributed by atoms with Crippen LogP contribution < -0.4 is 10.9 Å². The minimum absolute atomic E-state index is 0.183. The molecule has 3 N–H and O–H groups in total. The summed E-state index contributed by atoms with van der Waals surface area (Å²) in [7, 11) is 1.76. The van der Waals surface area contributed by atoms with E-state index in [1.807, 2.05) is 13.8 Å². The van der Waals surface area contributed by atoms with Gasteiger partial charge in [-0.05, 0) is 33.1 Å². The van der Waals surface area contributed by atoms with Gasteiger partial charge in [0.1, 0.15) is 18.3 Å². The van der Waals surface area contributed by atoms with Gasteiger partial charge < -0.3 is 24.6 Å². The number of hydrogen-bond acceptors (Lipinski definition) is 7. The lowest BCUT2D eigenvalue weighted by atomic mass is 10.1. The third kappa shape index (κ3) is 3.00. The van der Waals surface area contributed by atoms with Crippen LogP contribution in [0.1, 0.15) is 25.6 Å². The van der Waals surface area contributed by atoms with E-state index in [2.05, 4.69) is 10.3 Å². The molecular formula is C14H21N3O5S. The summed E-state index contributed by atoms with van der Waals surface area (Å²) in [4.78, 5) is 14.6. The van der Waals surface area contributed by atoms with Gasteiger partial charge in [-0.2, -0.15) is 0 Å². The molecule has 8 nitrogen and oxygen atoms in total. The van der Waals surface area contributed by atoms with E-state index in [0.717, 1.165) is 0 Å². The van der Waals surface area contributed by atoms with Crippen LogP contribution in [-0.4, -0.2) is 52.4 Å². The largest absolute Gasteiger partial charge is 0.394 e. The molecule has 0 spiro atoms. The minimum Gasteiger partial charge on any atom is -0.394 e. The summed E-state index contributed by atoms with van der Waals surface area (Å²) >= 11 is 5.26. The normalized spacial score (nSPS) is 32.2. The van der Waals surface area contributed by atoms with Gasteiger partial charge in [0.2, 0.25) is 0 Å². The van der Waals surface area contributed by atoms with Crippen LogP contribution in [0.4, 0.5) is 0 Å². The fraction of sp³-hybridized carbons (Fsp3) is 0.714. The van der Waals surface area contributed by atoms with Crippen molar-refractivity contribution in [1.82, 2.24) is 14.9 Å². The van der Waals surface area contributed by atoms with Crippen LogP contribution in [0.25, 0.3) is 0 Å². The van der Waals surface area contributed by atoms with Crippen LogP contribution >= 0.6 is 12.2 Å². The highest BCUT2D eigenvalue weighted by molar-refractivity contribution is 7.71. The molecule has 9 heteroatoms. The van der Waals surface area contributed by atoms with Crippen molar-refractivity contribution in [3.63, 3.8) is 0 Å². The summed E-state index contributed by atoms with van der Waals surface area (Å²) in [5.74, 6) is -0.761. The lowest BCUT2D eigenvalue weighted by Gasteiger charge is -2.25. The van der Waals surface area contributed by atoms with E-state index < -0.39 is 24.2 Å². The Morgan fingerprint density at radius 1 is 1.43 bits per heavy atom. The molecule has 0 aromatic carbocycles. The highest BCUT2D eigenvalue weighted by Crippen LogP contribution is 2.42. The molecule has 2 saturated heterocycles. The topological polar surface area (TPSA) is 97.7 Å². The first kappa shape index (κ1) is 16.7. The molecule has 1 unspecified atom stereocenters. The Kier molecular flexibility index (Phi) is 4.43. The maximum absolute atomic E-state index is 11.9. The number of H-pyrrole nitrogens is 1. The summed E-state index contributed by atoms with van der Waals surface area (Å²) in [6.07, 6.45) is -0.218. The van der Waals surface area contributed by atoms with Crippen molar-refractivity contribution in [2.45, 2.75) is 50.7 Å². The molecular weight excluding hydrogens is 322 g/mol. The first-order valence-electron chi connectivity index (χ1n) is 7.47. The Balaban J connectivity index is 2.00. The number of aromatic amines is 1. The van der Waals surface area contributed by atoms with E-state index in [1.54, 1.807) is 17.8 Å². The summed E-state index contributed by atoms with van der Waals surface area (Å²) < 4.78 is 19.5. The Morgan fingerprint density at radius 3 is 2.78 bits per heavy atom. The summed E-state index contributed by atoms with van der Waals surface area (Å²) in [5.41, 5.74) is 0.296. The van der Waals surface area contributed by atoms with Gasteiger partial charge in [0.05, 0.1) is 6.61 Å². The summed E-state index contributed by atoms with van der Waals surface area (Å²) in [6, 6.07) is 0. The fourth-order valence-corrected chi connectivity index (χ4v) is 3.31. The van der Waals surface area contributed by atoms with Crippen LogP contribution in [0.15, 0.2) is 11.0 Å². The number of nitrogens with one attached hydrogen (secondary N) is 2. The zero-order valence-corrected chi connectivity index (χ0v) is 14.1. The summed E-state index contributed by atoms with van der Waals surface area (Å²) in [5, 5.41) is 12.5. The standard InChI is InChI=1S/C14H21N3O5S/c1-14(2)21-9-8(6-18)20-12(10(9)22-14)17-5-7(4-15-3)11(19)16-13(17)23/h5,8-10,12,15,18H,4,6H2,1-3H3,(H,16,19,23)/t8-,9?,10+,12-/m1/s1. The van der Waals surface area contributed by atoms with Gasteiger partial charge in [0.15, 0.2) is 16.8 Å². The van der Waals surface area contributed by atoms with Gasteiger partial charge in [0.25, 0.3) is 5.56 Å². The monoisotopic (exact) mass is 343 g/mol. The molecule has 2 fully saturated rings. The van der Waals surface area contributed by atoms with Crippen molar-refractivity contribution < 1.29 is 19.3 Å². The smallest absolute Gasteiger partial charge is 0.256 e. The van der Waals surface area contributed by atoms with Crippen molar-refractivity contribution >= 4 is 12.2 Å². The number of hydrogen-bond donors (Lipinski definition) is 3. The van der Waals surface area contributed by atoms with Crippen molar-refractivity contribution in [1.29, 1.82) is 0 Å². The third-order valence-electron chi connectivity index (χ3n) is 3.99. The first-order chi connectivity index (χ1) is 10.9. The Hall–Kier alpha value is -1.10. The molecule has 1 aromatic heterocycles. The van der Waals surface area contributed by atoms with Gasteiger partial charge in [0, 0.05) is 18.3 Å². The molecule has 0 bridgehead atoms. The fourth-order valence-electron chi connectivity index (χ4n) is 3.06. The molecule has 0 saturated carbocycles. The average molecular weight is 343 g/mol. The van der Waals surface area contributed by atoms with Crippen molar-refractivity contribution in [2.75, 3.05) is 13.7 Å². The highest BCUT2D eigenvalue weighted by atomic mass is 32.1. The van der Waals surface area contributed by atoms with E-state index in [-0.39, 0.29) is 23.0 Å². The molecule has 23 heavy (non-hydrogen) atoms. The van der Waals surface area contributed by atoms with Gasteiger partial charge >= 0.3 is 0 Å². The Bertz CT molecular complexity index is 700. The molecule has 2 aliphatic heterocycles. The zero-order chi connectivity index (χ0) is 16.8. The third-order valence-corrected chi connectivity index (χ3v) is 4.30. The lowest BCUT2D eigenvalue weighted by molar-refractivity contribution is -0.200. The lowest BCUT2D eigenvalue weighted by Crippen LogP contribution is -2.31. The van der Waals surface area contributed by atoms with E-state index in [4.69, 9.17) is 26.4 Å². The number of rotatable bonds is 4. The predicted molar refractivity (Wildman–Crippen MR) is 83.5 cm³/mol. The van der Waals surface area contributed by atoms with Crippen molar-refractivity contribution in [2.24, 2.45) is 0 Å². The van der Waals surface area contributed by atoms with E-state index in [1.165, 1.54) is 0 Å². The van der Waals surface area contributed by atoms with Gasteiger partial charge in [-0.15, -0.1) is 0 Å². The van der Waals surface area contributed by atoms with Crippen molar-refractivity contribution in [3.8, 4) is 0 Å². The van der Waals surface area contributed by atoms with Gasteiger partial charge in [-0.3, -0.25) is 14.3 Å². The van der Waals surface area contributed by atoms with Crippen LogP contribution in [0, 0.1) is 4.77 Å². The molecule has 3 rings (SSSR count). The highest BCUT2D eigenvalue weighted by Gasteiger charge is 2.55. The molecule has 0 amide bonds. The van der Waals surface area contributed by atoms with Crippen LogP contribution in [0.2, 0.25) is 0 Å². The van der Waals surface area contributed by atoms with E-state index in [0.29, 0.717) is 12.1 Å². The predicted octanol–water partition coefficient (Wildman–Crippen LogP) is 0.0351. The molecule has 3 heterocycles. The quantitative estimate of drug-likeness (QED) is 0.664. The number of aliphatic hydroxyl groups excluding tert-OH is 1. The molecule has 0 aliphatic carbocycles. The number of aromatic nitrogens is 2. The molecule has 4 atom stereocenters. The molecule has 128 valence electrons. The van der Waals surface area contributed by atoms with E-state index in [9.17, 15) is 9.90 Å². The van der Waals surface area contributed by atoms with Gasteiger partial charge in [-0.1, -0.05) is 0 Å². The Morgan fingerprint density at radius 2 is 2.13 bits per heavy atom. The number of aliphatic hydroxyl groups is 1. The second-order valence-electron chi connectivity index (χ2n) is 6.16. The average Bonchev–Trinajstić information content (AvgIpc) is 2.95. The van der Waals surface area contributed by atoms with Crippen molar-refractivity contribution in [3.05, 3.63) is 26.9 Å². The maximum atomic E-state index is 11.9. The second kappa shape index (κ2) is 6.08. The van der Waals surface area contributed by atoms with Crippen LogP contribution in [-0.2, 0) is 20.8 Å². The Labute approximate surface area is 138 Å². The maximum Gasteiger partial charge on any atom is 0.256 e. The molecule has 2 aliphatic rings. The SMILES string of the molecule is CNCc1cn([C@@H]2O[C@H](CO)C3OC(C)(C)O[C@@H]32)c(=S)[nH]c1=O. The number of ether oxygens (including phenoxy) is 3. The molecule has 1 aromatic rings. The van der Waals surface area contributed by atoms with E-state index >= 15 is 0 Å². The van der Waals surface area contributed by atoms with Gasteiger partial charge in [-0.25, -0.2) is 0 Å². The second-order valence-corrected chi connectivity index (χ2v) is 6.55. The minimum atomic E-state index is -0.761. The number of fused-ring (bicyclic) bond motifs is 1. The zero-order valence-electron chi connectivity index (χ0n) is 13.2. The van der Waals surface area contributed by atoms with Crippen LogP contribution in [0.3, 0.4) is 0 Å². The summed E-state index contributed by atoms with van der Waals surface area (Å²) in [6.45, 7) is 3.85. The molecule has 0 radical (unpaired) electrons. The number of nitrogens with zero attached hydrogens (tertiary/aromatic N) is 1.